The maximum atomic E-state index is 6.20. The van der Waals surface area contributed by atoms with E-state index in [2.05, 4.69) is 27.4 Å². The van der Waals surface area contributed by atoms with Crippen molar-refractivity contribution in [3.8, 4) is 0 Å². The van der Waals surface area contributed by atoms with Gasteiger partial charge in [-0.2, -0.15) is 0 Å². The van der Waals surface area contributed by atoms with Crippen molar-refractivity contribution in [2.75, 3.05) is 0 Å². The standard InChI is InChI=1S/C10H14BrNS.ClH/c11-8-5-9(13-6-8)10(12)7-3-1-2-4-7;/h5-7,10H,1-4,12H2;1H/t10-;/m1./s1. The Bertz CT molecular complexity index is 283. The van der Waals surface area contributed by atoms with Crippen molar-refractivity contribution in [2.45, 2.75) is 31.7 Å². The van der Waals surface area contributed by atoms with Crippen LogP contribution >= 0.6 is 39.7 Å². The van der Waals surface area contributed by atoms with Gasteiger partial charge in [0.2, 0.25) is 0 Å². The molecule has 0 aromatic carbocycles. The van der Waals surface area contributed by atoms with E-state index < -0.39 is 0 Å². The van der Waals surface area contributed by atoms with Gasteiger partial charge in [0, 0.05) is 20.8 Å². The second-order valence-electron chi connectivity index (χ2n) is 3.74. The summed E-state index contributed by atoms with van der Waals surface area (Å²) in [5.41, 5.74) is 6.20. The van der Waals surface area contributed by atoms with Crippen LogP contribution in [0.15, 0.2) is 15.9 Å². The highest BCUT2D eigenvalue weighted by Gasteiger charge is 2.23. The number of nitrogens with two attached hydrogens (primary N) is 1. The quantitative estimate of drug-likeness (QED) is 0.873. The van der Waals surface area contributed by atoms with Crippen molar-refractivity contribution in [1.29, 1.82) is 0 Å². The molecule has 1 aliphatic rings. The molecule has 1 saturated carbocycles. The fourth-order valence-corrected chi connectivity index (χ4v) is 3.59. The zero-order valence-corrected chi connectivity index (χ0v) is 11.1. The fourth-order valence-electron chi connectivity index (χ4n) is 2.05. The minimum absolute atomic E-state index is 0. The Balaban J connectivity index is 0.000000980. The summed E-state index contributed by atoms with van der Waals surface area (Å²) < 4.78 is 1.17. The largest absolute Gasteiger partial charge is 0.323 e. The Morgan fingerprint density at radius 2 is 2.07 bits per heavy atom. The highest BCUT2D eigenvalue weighted by molar-refractivity contribution is 9.10. The lowest BCUT2D eigenvalue weighted by Crippen LogP contribution is -2.17. The van der Waals surface area contributed by atoms with Gasteiger partial charge < -0.3 is 5.73 Å². The Morgan fingerprint density at radius 3 is 2.57 bits per heavy atom. The molecule has 0 bridgehead atoms. The van der Waals surface area contributed by atoms with Crippen molar-refractivity contribution in [3.05, 3.63) is 20.8 Å². The smallest absolute Gasteiger partial charge is 0.0418 e. The summed E-state index contributed by atoms with van der Waals surface area (Å²) in [6, 6.07) is 2.44. The molecule has 0 unspecified atom stereocenters. The van der Waals surface area contributed by atoms with E-state index in [1.165, 1.54) is 35.0 Å². The predicted molar refractivity (Wildman–Crippen MR) is 68.2 cm³/mol. The van der Waals surface area contributed by atoms with Gasteiger partial charge >= 0.3 is 0 Å². The zero-order chi connectivity index (χ0) is 9.26. The lowest BCUT2D eigenvalue weighted by Gasteiger charge is -2.16. The first-order valence-corrected chi connectivity index (χ1v) is 6.44. The molecule has 1 aliphatic carbocycles. The summed E-state index contributed by atoms with van der Waals surface area (Å²) >= 11 is 5.24. The van der Waals surface area contributed by atoms with Gasteiger partial charge in [0.05, 0.1) is 0 Å². The molecule has 4 heteroatoms. The van der Waals surface area contributed by atoms with Crippen molar-refractivity contribution in [2.24, 2.45) is 11.7 Å². The van der Waals surface area contributed by atoms with E-state index in [1.807, 2.05) is 0 Å². The number of rotatable bonds is 2. The van der Waals surface area contributed by atoms with E-state index in [1.54, 1.807) is 11.3 Å². The molecular weight excluding hydrogens is 282 g/mol. The first-order chi connectivity index (χ1) is 6.27. The topological polar surface area (TPSA) is 26.0 Å². The van der Waals surface area contributed by atoms with Gasteiger partial charge in [-0.25, -0.2) is 0 Å². The molecule has 0 saturated heterocycles. The molecule has 0 spiro atoms. The van der Waals surface area contributed by atoms with Gasteiger partial charge in [-0.05, 0) is 40.8 Å². The van der Waals surface area contributed by atoms with Crippen LogP contribution in [0.4, 0.5) is 0 Å². The Hall–Kier alpha value is 0.430. The molecule has 0 aliphatic heterocycles. The van der Waals surface area contributed by atoms with E-state index in [0.29, 0.717) is 0 Å². The minimum atomic E-state index is 0. The van der Waals surface area contributed by atoms with Crippen LogP contribution in [-0.4, -0.2) is 0 Å². The third kappa shape index (κ3) is 2.72. The van der Waals surface area contributed by atoms with Gasteiger partial charge in [0.1, 0.15) is 0 Å². The number of hydrogen-bond acceptors (Lipinski definition) is 2. The third-order valence-corrected chi connectivity index (χ3v) is 4.62. The molecule has 1 aromatic heterocycles. The number of halogens is 2. The molecule has 1 fully saturated rings. The fraction of sp³-hybridized carbons (Fsp3) is 0.600. The van der Waals surface area contributed by atoms with E-state index in [4.69, 9.17) is 5.73 Å². The van der Waals surface area contributed by atoms with Gasteiger partial charge in [0.15, 0.2) is 0 Å². The second kappa shape index (κ2) is 5.50. The molecular formula is C10H15BrClNS. The summed E-state index contributed by atoms with van der Waals surface area (Å²) in [6.45, 7) is 0. The predicted octanol–water partition coefficient (Wildman–Crippen LogP) is 4.12. The van der Waals surface area contributed by atoms with Crippen LogP contribution < -0.4 is 5.73 Å². The molecule has 2 rings (SSSR count). The third-order valence-electron chi connectivity index (χ3n) is 2.82. The maximum Gasteiger partial charge on any atom is 0.0418 e. The summed E-state index contributed by atoms with van der Waals surface area (Å²) in [6.07, 6.45) is 5.36. The summed E-state index contributed by atoms with van der Waals surface area (Å²) in [5, 5.41) is 2.12. The van der Waals surface area contributed by atoms with Crippen molar-refractivity contribution >= 4 is 39.7 Å². The SMILES string of the molecule is Cl.N[C@@H](c1cc(Br)cs1)C1CCCC1. The highest BCUT2D eigenvalue weighted by atomic mass is 79.9. The van der Waals surface area contributed by atoms with Gasteiger partial charge in [0.25, 0.3) is 0 Å². The lowest BCUT2D eigenvalue weighted by atomic mass is 9.98. The summed E-state index contributed by atoms with van der Waals surface area (Å²) in [7, 11) is 0. The van der Waals surface area contributed by atoms with E-state index in [0.717, 1.165) is 5.92 Å². The lowest BCUT2D eigenvalue weighted by molar-refractivity contribution is 0.450. The molecule has 80 valence electrons. The molecule has 2 N–H and O–H groups in total. The molecule has 1 nitrogen and oxygen atoms in total. The Morgan fingerprint density at radius 1 is 1.43 bits per heavy atom. The first kappa shape index (κ1) is 12.5. The van der Waals surface area contributed by atoms with Crippen molar-refractivity contribution in [3.63, 3.8) is 0 Å². The summed E-state index contributed by atoms with van der Waals surface area (Å²) in [5.74, 6) is 0.727. The molecule has 1 aromatic rings. The molecule has 1 atom stereocenters. The van der Waals surface area contributed by atoms with Crippen LogP contribution in [0, 0.1) is 5.92 Å². The molecule has 0 radical (unpaired) electrons. The average molecular weight is 297 g/mol. The van der Waals surface area contributed by atoms with Crippen molar-refractivity contribution < 1.29 is 0 Å². The van der Waals surface area contributed by atoms with Crippen LogP contribution in [0.1, 0.15) is 36.6 Å². The van der Waals surface area contributed by atoms with Crippen LogP contribution in [0.25, 0.3) is 0 Å². The first-order valence-electron chi connectivity index (χ1n) is 4.77. The molecule has 14 heavy (non-hydrogen) atoms. The van der Waals surface area contributed by atoms with E-state index in [9.17, 15) is 0 Å². The van der Waals surface area contributed by atoms with Gasteiger partial charge in [-0.15, -0.1) is 23.7 Å². The van der Waals surface area contributed by atoms with Crippen LogP contribution in [-0.2, 0) is 0 Å². The van der Waals surface area contributed by atoms with Crippen LogP contribution in [0.5, 0.6) is 0 Å². The highest BCUT2D eigenvalue weighted by Crippen LogP contribution is 2.37. The maximum absolute atomic E-state index is 6.20. The Kier molecular flexibility index (Phi) is 4.91. The zero-order valence-electron chi connectivity index (χ0n) is 7.91. The average Bonchev–Trinajstić information content (AvgIpc) is 2.72. The normalized spacial score (nSPS) is 19.3. The van der Waals surface area contributed by atoms with E-state index in [-0.39, 0.29) is 18.4 Å². The summed E-state index contributed by atoms with van der Waals surface area (Å²) in [4.78, 5) is 1.33. The monoisotopic (exact) mass is 295 g/mol. The van der Waals surface area contributed by atoms with E-state index >= 15 is 0 Å². The van der Waals surface area contributed by atoms with Gasteiger partial charge in [-0.1, -0.05) is 12.8 Å². The Labute approximate surface area is 104 Å². The van der Waals surface area contributed by atoms with Crippen LogP contribution in [0.2, 0.25) is 0 Å². The minimum Gasteiger partial charge on any atom is -0.323 e. The van der Waals surface area contributed by atoms with Gasteiger partial charge in [-0.3, -0.25) is 0 Å². The molecule has 1 heterocycles. The molecule has 0 amide bonds. The van der Waals surface area contributed by atoms with Crippen molar-refractivity contribution in [1.82, 2.24) is 0 Å². The number of hydrogen-bond donors (Lipinski definition) is 1. The second-order valence-corrected chi connectivity index (χ2v) is 5.60. The number of thiophene rings is 1. The van der Waals surface area contributed by atoms with Crippen LogP contribution in [0.3, 0.4) is 0 Å².